The number of hydrogen-bond donors (Lipinski definition) is 3. The zero-order valence-electron chi connectivity index (χ0n) is 12.1. The van der Waals surface area contributed by atoms with Crippen molar-refractivity contribution in [1.82, 2.24) is 5.32 Å². The van der Waals surface area contributed by atoms with Crippen LogP contribution in [0.25, 0.3) is 0 Å². The van der Waals surface area contributed by atoms with E-state index >= 15 is 0 Å². The minimum atomic E-state index is -0.211. The van der Waals surface area contributed by atoms with Gasteiger partial charge in [-0.1, -0.05) is 19.1 Å². The van der Waals surface area contributed by atoms with Gasteiger partial charge in [-0.15, -0.1) is 0 Å². The molecule has 0 saturated carbocycles. The maximum absolute atomic E-state index is 11.9. The number of benzene rings is 1. The summed E-state index contributed by atoms with van der Waals surface area (Å²) in [5.74, 6) is 0.141. The molecule has 1 aromatic rings. The van der Waals surface area contributed by atoms with Crippen LogP contribution in [-0.2, 0) is 4.79 Å². The predicted molar refractivity (Wildman–Crippen MR) is 80.5 cm³/mol. The van der Waals surface area contributed by atoms with Gasteiger partial charge in [-0.25, -0.2) is 0 Å². The number of anilines is 1. The Kier molecular flexibility index (Phi) is 6.73. The van der Waals surface area contributed by atoms with Crippen LogP contribution < -0.4 is 16.4 Å². The summed E-state index contributed by atoms with van der Waals surface area (Å²) in [6, 6.07) is 6.97. The summed E-state index contributed by atoms with van der Waals surface area (Å²) in [5, 5.41) is 5.35. The standard InChI is InChI=1S/C15H23N3O2/c1-11(9-10-16)7-8-14(19)18-13-6-4-3-5-12(13)15(20)17-2/h3-6,11H,7-10,16H2,1-2H3,(H,17,20)(H,18,19). The minimum absolute atomic E-state index is 0.0785. The number of nitrogens with two attached hydrogens (primary N) is 1. The smallest absolute Gasteiger partial charge is 0.253 e. The molecule has 0 aliphatic carbocycles. The van der Waals surface area contributed by atoms with Crippen molar-refractivity contribution in [3.8, 4) is 0 Å². The lowest BCUT2D eigenvalue weighted by Crippen LogP contribution is -2.21. The average molecular weight is 277 g/mol. The van der Waals surface area contributed by atoms with E-state index in [1.165, 1.54) is 0 Å². The van der Waals surface area contributed by atoms with Crippen LogP contribution in [0.15, 0.2) is 24.3 Å². The van der Waals surface area contributed by atoms with E-state index < -0.39 is 0 Å². The quantitative estimate of drug-likeness (QED) is 0.710. The number of rotatable bonds is 7. The van der Waals surface area contributed by atoms with Crippen LogP contribution in [0.2, 0.25) is 0 Å². The van der Waals surface area contributed by atoms with E-state index in [2.05, 4.69) is 17.6 Å². The van der Waals surface area contributed by atoms with Gasteiger partial charge in [0.25, 0.3) is 5.91 Å². The largest absolute Gasteiger partial charge is 0.355 e. The number of carbonyl (C=O) groups is 2. The second-order valence-electron chi connectivity index (χ2n) is 4.89. The Labute approximate surface area is 119 Å². The highest BCUT2D eigenvalue weighted by Gasteiger charge is 2.12. The number of carbonyl (C=O) groups excluding carboxylic acids is 2. The van der Waals surface area contributed by atoms with E-state index in [9.17, 15) is 9.59 Å². The zero-order valence-corrected chi connectivity index (χ0v) is 12.1. The van der Waals surface area contributed by atoms with Gasteiger partial charge >= 0.3 is 0 Å². The lowest BCUT2D eigenvalue weighted by molar-refractivity contribution is -0.116. The maximum Gasteiger partial charge on any atom is 0.253 e. The first-order valence-corrected chi connectivity index (χ1v) is 6.89. The van der Waals surface area contributed by atoms with Crippen molar-refractivity contribution >= 4 is 17.5 Å². The molecule has 0 spiro atoms. The summed E-state index contributed by atoms with van der Waals surface area (Å²) >= 11 is 0. The highest BCUT2D eigenvalue weighted by molar-refractivity contribution is 6.03. The molecule has 0 saturated heterocycles. The van der Waals surface area contributed by atoms with Crippen molar-refractivity contribution in [2.75, 3.05) is 18.9 Å². The van der Waals surface area contributed by atoms with E-state index in [1.54, 1.807) is 31.3 Å². The van der Waals surface area contributed by atoms with E-state index in [4.69, 9.17) is 5.73 Å². The molecule has 5 heteroatoms. The van der Waals surface area contributed by atoms with Crippen molar-refractivity contribution in [2.45, 2.75) is 26.2 Å². The third-order valence-electron chi connectivity index (χ3n) is 3.20. The summed E-state index contributed by atoms with van der Waals surface area (Å²) in [5.41, 5.74) is 6.50. The predicted octanol–water partition coefficient (Wildman–Crippen LogP) is 1.75. The molecule has 1 unspecified atom stereocenters. The van der Waals surface area contributed by atoms with Crippen LogP contribution in [0.3, 0.4) is 0 Å². The van der Waals surface area contributed by atoms with E-state index in [-0.39, 0.29) is 11.8 Å². The maximum atomic E-state index is 11.9. The molecular weight excluding hydrogens is 254 g/mol. The van der Waals surface area contributed by atoms with Crippen molar-refractivity contribution < 1.29 is 9.59 Å². The lowest BCUT2D eigenvalue weighted by Gasteiger charge is -2.12. The molecular formula is C15H23N3O2. The van der Waals surface area contributed by atoms with E-state index in [0.29, 0.717) is 30.1 Å². The molecule has 20 heavy (non-hydrogen) atoms. The Bertz CT molecular complexity index is 460. The monoisotopic (exact) mass is 277 g/mol. The van der Waals surface area contributed by atoms with Crippen LogP contribution in [0.1, 0.15) is 36.5 Å². The van der Waals surface area contributed by atoms with Crippen LogP contribution in [0, 0.1) is 5.92 Å². The third-order valence-corrected chi connectivity index (χ3v) is 3.20. The summed E-state index contributed by atoms with van der Waals surface area (Å²) in [4.78, 5) is 23.6. The van der Waals surface area contributed by atoms with Crippen LogP contribution in [-0.4, -0.2) is 25.4 Å². The van der Waals surface area contributed by atoms with Crippen molar-refractivity contribution in [1.29, 1.82) is 0 Å². The summed E-state index contributed by atoms with van der Waals surface area (Å²) < 4.78 is 0. The van der Waals surface area contributed by atoms with Crippen molar-refractivity contribution in [2.24, 2.45) is 11.7 Å². The molecule has 0 aliphatic heterocycles. The highest BCUT2D eigenvalue weighted by atomic mass is 16.2. The molecule has 0 aliphatic rings. The van der Waals surface area contributed by atoms with Crippen LogP contribution in [0.4, 0.5) is 5.69 Å². The topological polar surface area (TPSA) is 84.2 Å². The number of para-hydroxylation sites is 1. The van der Waals surface area contributed by atoms with Gasteiger partial charge < -0.3 is 16.4 Å². The summed E-state index contributed by atoms with van der Waals surface area (Å²) in [6.07, 6.45) is 2.15. The third kappa shape index (κ3) is 5.01. The molecule has 5 nitrogen and oxygen atoms in total. The first kappa shape index (κ1) is 16.2. The molecule has 0 bridgehead atoms. The van der Waals surface area contributed by atoms with E-state index in [0.717, 1.165) is 12.8 Å². The Balaban J connectivity index is 2.60. The first-order valence-electron chi connectivity index (χ1n) is 6.89. The van der Waals surface area contributed by atoms with E-state index in [1.807, 2.05) is 0 Å². The fourth-order valence-electron chi connectivity index (χ4n) is 1.94. The summed E-state index contributed by atoms with van der Waals surface area (Å²) in [7, 11) is 1.56. The Morgan fingerprint density at radius 2 is 1.95 bits per heavy atom. The van der Waals surface area contributed by atoms with Gasteiger partial charge in [-0.05, 0) is 37.4 Å². The highest BCUT2D eigenvalue weighted by Crippen LogP contribution is 2.16. The lowest BCUT2D eigenvalue weighted by atomic mass is 10.0. The number of hydrogen-bond acceptors (Lipinski definition) is 3. The Morgan fingerprint density at radius 1 is 1.25 bits per heavy atom. The van der Waals surface area contributed by atoms with Gasteiger partial charge in [0.05, 0.1) is 11.3 Å². The summed E-state index contributed by atoms with van der Waals surface area (Å²) in [6.45, 7) is 2.72. The van der Waals surface area contributed by atoms with Gasteiger partial charge in [0.2, 0.25) is 5.91 Å². The van der Waals surface area contributed by atoms with Crippen LogP contribution >= 0.6 is 0 Å². The van der Waals surface area contributed by atoms with Gasteiger partial charge in [-0.3, -0.25) is 9.59 Å². The fourth-order valence-corrected chi connectivity index (χ4v) is 1.94. The van der Waals surface area contributed by atoms with Crippen molar-refractivity contribution in [3.05, 3.63) is 29.8 Å². The first-order chi connectivity index (χ1) is 9.58. The van der Waals surface area contributed by atoms with Crippen molar-refractivity contribution in [3.63, 3.8) is 0 Å². The molecule has 0 aromatic heterocycles. The molecule has 4 N–H and O–H groups in total. The zero-order chi connectivity index (χ0) is 15.0. The molecule has 1 atom stereocenters. The Hall–Kier alpha value is -1.88. The van der Waals surface area contributed by atoms with Gasteiger partial charge in [0.15, 0.2) is 0 Å². The SMILES string of the molecule is CNC(=O)c1ccccc1NC(=O)CCC(C)CCN. The molecule has 1 aromatic carbocycles. The van der Waals surface area contributed by atoms with Gasteiger partial charge in [0, 0.05) is 13.5 Å². The molecule has 2 amide bonds. The van der Waals surface area contributed by atoms with Gasteiger partial charge in [-0.2, -0.15) is 0 Å². The second kappa shape index (κ2) is 8.32. The molecule has 0 radical (unpaired) electrons. The average Bonchev–Trinajstić information content (AvgIpc) is 2.45. The minimum Gasteiger partial charge on any atom is -0.355 e. The molecule has 1 rings (SSSR count). The molecule has 0 heterocycles. The number of amides is 2. The Morgan fingerprint density at radius 3 is 2.60 bits per heavy atom. The number of nitrogens with one attached hydrogen (secondary N) is 2. The molecule has 0 fully saturated rings. The molecule has 110 valence electrons. The van der Waals surface area contributed by atoms with Gasteiger partial charge in [0.1, 0.15) is 0 Å². The van der Waals surface area contributed by atoms with Crippen LogP contribution in [0.5, 0.6) is 0 Å². The fraction of sp³-hybridized carbons (Fsp3) is 0.467. The normalized spacial score (nSPS) is 11.8. The second-order valence-corrected chi connectivity index (χ2v) is 4.89.